The number of nitrogens with zero attached hydrogens (tertiary/aromatic N) is 2. The number of pyridine rings is 1. The molecular weight excluding hydrogens is 370 g/mol. The van der Waals surface area contributed by atoms with E-state index in [0.717, 1.165) is 47.0 Å². The molecule has 1 amide bonds. The van der Waals surface area contributed by atoms with E-state index >= 15 is 0 Å². The minimum absolute atomic E-state index is 0.357. The molecule has 0 bridgehead atoms. The van der Waals surface area contributed by atoms with E-state index in [1.807, 2.05) is 24.3 Å². The van der Waals surface area contributed by atoms with Gasteiger partial charge in [-0.2, -0.15) is 0 Å². The number of amides is 1. The molecule has 7 nitrogen and oxygen atoms in total. The largest absolute Gasteiger partial charge is 0.481 e. The first kappa shape index (κ1) is 19.0. The van der Waals surface area contributed by atoms with Crippen molar-refractivity contribution in [3.8, 4) is 5.75 Å². The SMILES string of the molecule is NC(=O)C1CCCCc2c1c1c(OCC(=O)O)cccc1n2Cc1ccncc1. The van der Waals surface area contributed by atoms with Gasteiger partial charge in [-0.3, -0.25) is 9.78 Å². The fraction of sp³-hybridized carbons (Fsp3) is 0.318. The molecule has 1 unspecified atom stereocenters. The molecule has 0 fully saturated rings. The Hall–Kier alpha value is -3.35. The summed E-state index contributed by atoms with van der Waals surface area (Å²) in [6, 6.07) is 9.51. The average molecular weight is 393 g/mol. The van der Waals surface area contributed by atoms with E-state index in [1.54, 1.807) is 18.5 Å². The predicted octanol–water partition coefficient (Wildman–Crippen LogP) is 2.84. The van der Waals surface area contributed by atoms with E-state index in [0.29, 0.717) is 18.7 Å². The van der Waals surface area contributed by atoms with Crippen LogP contribution in [-0.4, -0.2) is 33.1 Å². The number of primary amides is 1. The van der Waals surface area contributed by atoms with Crippen molar-refractivity contribution in [3.63, 3.8) is 0 Å². The Balaban J connectivity index is 1.95. The third kappa shape index (κ3) is 3.68. The van der Waals surface area contributed by atoms with Crippen molar-refractivity contribution >= 4 is 22.8 Å². The topological polar surface area (TPSA) is 107 Å². The fourth-order valence-corrected chi connectivity index (χ4v) is 4.28. The lowest BCUT2D eigenvalue weighted by Gasteiger charge is -2.14. The van der Waals surface area contributed by atoms with Crippen LogP contribution in [0.4, 0.5) is 0 Å². The summed E-state index contributed by atoms with van der Waals surface area (Å²) in [5.74, 6) is -1.34. The van der Waals surface area contributed by atoms with Crippen molar-refractivity contribution in [2.45, 2.75) is 38.1 Å². The predicted molar refractivity (Wildman–Crippen MR) is 108 cm³/mol. The molecule has 0 spiro atoms. The number of aliphatic carboxylic acids is 1. The Bertz CT molecular complexity index is 1060. The van der Waals surface area contributed by atoms with Crippen LogP contribution in [0.1, 0.15) is 42.0 Å². The molecule has 0 saturated heterocycles. The summed E-state index contributed by atoms with van der Waals surface area (Å²) < 4.78 is 7.81. The van der Waals surface area contributed by atoms with Crippen LogP contribution in [0.25, 0.3) is 10.9 Å². The van der Waals surface area contributed by atoms with Gasteiger partial charge in [0.1, 0.15) is 5.75 Å². The van der Waals surface area contributed by atoms with E-state index < -0.39 is 18.5 Å². The number of carbonyl (C=O) groups excluding carboxylic acids is 1. The molecule has 0 radical (unpaired) electrons. The second kappa shape index (κ2) is 7.95. The van der Waals surface area contributed by atoms with Crippen LogP contribution in [0.15, 0.2) is 42.7 Å². The molecule has 2 aromatic heterocycles. The molecule has 0 saturated carbocycles. The highest BCUT2D eigenvalue weighted by Gasteiger charge is 2.31. The van der Waals surface area contributed by atoms with Gasteiger partial charge in [0.15, 0.2) is 6.61 Å². The smallest absolute Gasteiger partial charge is 0.341 e. The summed E-state index contributed by atoms with van der Waals surface area (Å²) in [7, 11) is 0. The number of rotatable bonds is 6. The number of carboxylic acid groups (broad SMARTS) is 1. The first-order valence-electron chi connectivity index (χ1n) is 9.73. The fourth-order valence-electron chi connectivity index (χ4n) is 4.28. The van der Waals surface area contributed by atoms with E-state index in [-0.39, 0.29) is 5.91 Å². The summed E-state index contributed by atoms with van der Waals surface area (Å²) in [5, 5.41) is 9.86. The molecule has 2 heterocycles. The van der Waals surface area contributed by atoms with Crippen molar-refractivity contribution in [2.24, 2.45) is 5.73 Å². The zero-order valence-electron chi connectivity index (χ0n) is 16.0. The lowest BCUT2D eigenvalue weighted by molar-refractivity contribution is -0.139. The number of benzene rings is 1. The Morgan fingerprint density at radius 2 is 2.00 bits per heavy atom. The molecular formula is C22H23N3O4. The quantitative estimate of drug-likeness (QED) is 0.626. The number of carbonyl (C=O) groups is 2. The Morgan fingerprint density at radius 3 is 2.72 bits per heavy atom. The van der Waals surface area contributed by atoms with Gasteiger partial charge in [-0.05, 0) is 54.7 Å². The number of fused-ring (bicyclic) bond motifs is 3. The van der Waals surface area contributed by atoms with Crippen molar-refractivity contribution in [3.05, 3.63) is 59.5 Å². The van der Waals surface area contributed by atoms with E-state index in [2.05, 4.69) is 9.55 Å². The third-order valence-electron chi connectivity index (χ3n) is 5.49. The Kier molecular flexibility index (Phi) is 5.20. The standard InChI is InChI=1S/C22H23N3O4/c23-22(28)15-4-1-2-5-16-20(15)21-17(6-3-7-18(21)29-13-19(26)27)25(16)12-14-8-10-24-11-9-14/h3,6-11,15H,1-2,4-5,12-13H2,(H2,23,28)(H,26,27). The van der Waals surface area contributed by atoms with Crippen LogP contribution in [-0.2, 0) is 22.6 Å². The van der Waals surface area contributed by atoms with Gasteiger partial charge >= 0.3 is 5.97 Å². The molecule has 1 aliphatic carbocycles. The van der Waals surface area contributed by atoms with Gasteiger partial charge in [0, 0.05) is 30.0 Å². The first-order chi connectivity index (χ1) is 14.1. The molecule has 1 atom stereocenters. The summed E-state index contributed by atoms with van der Waals surface area (Å²) in [4.78, 5) is 27.5. The zero-order valence-corrected chi connectivity index (χ0v) is 16.0. The van der Waals surface area contributed by atoms with E-state index in [9.17, 15) is 9.59 Å². The van der Waals surface area contributed by atoms with Crippen LogP contribution in [0, 0.1) is 0 Å². The molecule has 4 rings (SSSR count). The first-order valence-corrected chi connectivity index (χ1v) is 9.73. The molecule has 7 heteroatoms. The number of hydrogen-bond acceptors (Lipinski definition) is 4. The molecule has 1 aliphatic rings. The van der Waals surface area contributed by atoms with Gasteiger partial charge in [0.05, 0.1) is 11.4 Å². The number of carboxylic acids is 1. The molecule has 1 aromatic carbocycles. The lowest BCUT2D eigenvalue weighted by atomic mass is 9.92. The lowest BCUT2D eigenvalue weighted by Crippen LogP contribution is -2.21. The van der Waals surface area contributed by atoms with Crippen LogP contribution in [0.5, 0.6) is 5.75 Å². The highest BCUT2D eigenvalue weighted by molar-refractivity contribution is 5.97. The number of hydrogen-bond donors (Lipinski definition) is 2. The van der Waals surface area contributed by atoms with E-state index in [4.69, 9.17) is 15.6 Å². The number of ether oxygens (including phenoxy) is 1. The summed E-state index contributed by atoms with van der Waals surface area (Å²) >= 11 is 0. The van der Waals surface area contributed by atoms with Gasteiger partial charge in [-0.25, -0.2) is 4.79 Å². The highest BCUT2D eigenvalue weighted by Crippen LogP contribution is 2.42. The van der Waals surface area contributed by atoms with Crippen molar-refractivity contribution in [1.82, 2.24) is 9.55 Å². The Morgan fingerprint density at radius 1 is 1.21 bits per heavy atom. The maximum Gasteiger partial charge on any atom is 0.341 e. The highest BCUT2D eigenvalue weighted by atomic mass is 16.5. The van der Waals surface area contributed by atoms with Crippen molar-refractivity contribution < 1.29 is 19.4 Å². The molecule has 3 N–H and O–H groups in total. The summed E-state index contributed by atoms with van der Waals surface area (Å²) in [6.45, 7) is 0.187. The average Bonchev–Trinajstić information content (AvgIpc) is 2.87. The van der Waals surface area contributed by atoms with Gasteiger partial charge < -0.3 is 20.1 Å². The summed E-state index contributed by atoms with van der Waals surface area (Å²) in [6.07, 6.45) is 6.91. The van der Waals surface area contributed by atoms with Crippen molar-refractivity contribution in [2.75, 3.05) is 6.61 Å². The molecule has 150 valence electrons. The number of aromatic nitrogens is 2. The zero-order chi connectivity index (χ0) is 20.4. The number of nitrogens with two attached hydrogens (primary N) is 1. The van der Waals surface area contributed by atoms with Gasteiger partial charge in [-0.15, -0.1) is 0 Å². The van der Waals surface area contributed by atoms with Crippen LogP contribution in [0.2, 0.25) is 0 Å². The maximum atomic E-state index is 12.3. The molecule has 3 aromatic rings. The molecule has 29 heavy (non-hydrogen) atoms. The minimum Gasteiger partial charge on any atom is -0.481 e. The normalized spacial score (nSPS) is 16.2. The van der Waals surface area contributed by atoms with Crippen molar-refractivity contribution in [1.29, 1.82) is 0 Å². The van der Waals surface area contributed by atoms with Gasteiger partial charge in [0.2, 0.25) is 5.91 Å². The Labute approximate surface area is 168 Å². The van der Waals surface area contributed by atoms with Gasteiger partial charge in [0.25, 0.3) is 0 Å². The van der Waals surface area contributed by atoms with E-state index in [1.165, 1.54) is 0 Å². The third-order valence-corrected chi connectivity index (χ3v) is 5.49. The van der Waals surface area contributed by atoms with Gasteiger partial charge in [-0.1, -0.05) is 12.5 Å². The second-order valence-corrected chi connectivity index (χ2v) is 7.34. The monoisotopic (exact) mass is 393 g/mol. The summed E-state index contributed by atoms with van der Waals surface area (Å²) in [5.41, 5.74) is 9.76. The van der Waals surface area contributed by atoms with Crippen LogP contribution < -0.4 is 10.5 Å². The minimum atomic E-state index is -1.05. The second-order valence-electron chi connectivity index (χ2n) is 7.34. The van der Waals surface area contributed by atoms with Crippen LogP contribution in [0.3, 0.4) is 0 Å². The molecule has 0 aliphatic heterocycles. The maximum absolute atomic E-state index is 12.3. The van der Waals surface area contributed by atoms with Crippen LogP contribution >= 0.6 is 0 Å².